The number of ether oxygens (including phenoxy) is 1. The van der Waals surface area contributed by atoms with E-state index in [2.05, 4.69) is 5.32 Å². The minimum Gasteiger partial charge on any atom is -0.381 e. The maximum absolute atomic E-state index is 12.0. The molecule has 1 unspecified atom stereocenters. The van der Waals surface area contributed by atoms with E-state index >= 15 is 0 Å². The van der Waals surface area contributed by atoms with Gasteiger partial charge in [0.15, 0.2) is 0 Å². The Balaban J connectivity index is 1.77. The summed E-state index contributed by atoms with van der Waals surface area (Å²) in [6.07, 6.45) is 3.76. The quantitative estimate of drug-likeness (QED) is 0.759. The SMILES string of the molecule is NC1(C(=O)NCC2CCCS2)CCOCC1. The number of carbonyl (C=O) groups is 1. The van der Waals surface area contributed by atoms with E-state index in [1.54, 1.807) is 0 Å². The second-order valence-corrected chi connectivity index (χ2v) is 6.02. The summed E-state index contributed by atoms with van der Waals surface area (Å²) < 4.78 is 5.23. The highest BCUT2D eigenvalue weighted by molar-refractivity contribution is 8.00. The number of hydrogen-bond donors (Lipinski definition) is 2. The first-order valence-corrected chi connectivity index (χ1v) is 7.02. The average molecular weight is 244 g/mol. The fraction of sp³-hybridized carbons (Fsp3) is 0.909. The predicted molar refractivity (Wildman–Crippen MR) is 65.5 cm³/mol. The van der Waals surface area contributed by atoms with Gasteiger partial charge in [0.1, 0.15) is 0 Å². The smallest absolute Gasteiger partial charge is 0.240 e. The zero-order valence-electron chi connectivity index (χ0n) is 9.54. The Morgan fingerprint density at radius 3 is 2.88 bits per heavy atom. The van der Waals surface area contributed by atoms with Gasteiger partial charge in [-0.25, -0.2) is 0 Å². The molecule has 1 atom stereocenters. The van der Waals surface area contributed by atoms with Crippen molar-refractivity contribution < 1.29 is 9.53 Å². The van der Waals surface area contributed by atoms with Gasteiger partial charge in [-0.2, -0.15) is 11.8 Å². The number of nitrogens with two attached hydrogens (primary N) is 1. The molecular formula is C11H20N2O2S. The van der Waals surface area contributed by atoms with Gasteiger partial charge in [0.05, 0.1) is 5.54 Å². The molecule has 1 amide bonds. The molecule has 0 spiro atoms. The van der Waals surface area contributed by atoms with Crippen LogP contribution in [0.25, 0.3) is 0 Å². The molecule has 5 heteroatoms. The maximum atomic E-state index is 12.0. The van der Waals surface area contributed by atoms with Crippen molar-refractivity contribution in [3.8, 4) is 0 Å². The lowest BCUT2D eigenvalue weighted by molar-refractivity contribution is -0.129. The summed E-state index contributed by atoms with van der Waals surface area (Å²) in [7, 11) is 0. The molecule has 3 N–H and O–H groups in total. The topological polar surface area (TPSA) is 64.4 Å². The molecule has 2 fully saturated rings. The van der Waals surface area contributed by atoms with Gasteiger partial charge in [0, 0.05) is 25.0 Å². The molecule has 0 saturated carbocycles. The zero-order chi connectivity index (χ0) is 11.4. The van der Waals surface area contributed by atoms with Crippen LogP contribution in [0.15, 0.2) is 0 Å². The molecule has 2 aliphatic rings. The van der Waals surface area contributed by atoms with Crippen molar-refractivity contribution in [2.45, 2.75) is 36.5 Å². The van der Waals surface area contributed by atoms with Crippen molar-refractivity contribution in [1.82, 2.24) is 5.32 Å². The third-order valence-corrected chi connectivity index (χ3v) is 4.75. The first kappa shape index (κ1) is 12.2. The summed E-state index contributed by atoms with van der Waals surface area (Å²) in [5.41, 5.74) is 5.40. The lowest BCUT2D eigenvalue weighted by Gasteiger charge is -2.32. The average Bonchev–Trinajstić information content (AvgIpc) is 2.79. The Labute approximate surface area is 101 Å². The molecule has 2 aliphatic heterocycles. The van der Waals surface area contributed by atoms with E-state index in [9.17, 15) is 4.79 Å². The standard InChI is InChI=1S/C11H20N2O2S/c12-11(3-5-15-6-4-11)10(14)13-8-9-2-1-7-16-9/h9H,1-8,12H2,(H,13,14). The normalized spacial score (nSPS) is 28.9. The number of hydrogen-bond acceptors (Lipinski definition) is 4. The van der Waals surface area contributed by atoms with Crippen LogP contribution in [0, 0.1) is 0 Å². The van der Waals surface area contributed by atoms with E-state index in [0.29, 0.717) is 31.3 Å². The summed E-state index contributed by atoms with van der Waals surface area (Å²) in [6, 6.07) is 0. The van der Waals surface area contributed by atoms with Crippen LogP contribution >= 0.6 is 11.8 Å². The number of amides is 1. The zero-order valence-corrected chi connectivity index (χ0v) is 10.4. The maximum Gasteiger partial charge on any atom is 0.240 e. The van der Waals surface area contributed by atoms with Gasteiger partial charge in [-0.3, -0.25) is 4.79 Å². The molecule has 2 rings (SSSR count). The van der Waals surface area contributed by atoms with Crippen LogP contribution in [0.4, 0.5) is 0 Å². The van der Waals surface area contributed by atoms with Crippen molar-refractivity contribution in [2.75, 3.05) is 25.5 Å². The number of carbonyl (C=O) groups excluding carboxylic acids is 1. The summed E-state index contributed by atoms with van der Waals surface area (Å²) in [5.74, 6) is 1.23. The summed E-state index contributed by atoms with van der Waals surface area (Å²) in [5, 5.41) is 3.58. The molecular weight excluding hydrogens is 224 g/mol. The molecule has 0 radical (unpaired) electrons. The van der Waals surface area contributed by atoms with Crippen molar-refractivity contribution in [3.63, 3.8) is 0 Å². The highest BCUT2D eigenvalue weighted by Gasteiger charge is 2.36. The van der Waals surface area contributed by atoms with Crippen molar-refractivity contribution >= 4 is 17.7 Å². The van der Waals surface area contributed by atoms with Crippen LogP contribution in [0.2, 0.25) is 0 Å². The van der Waals surface area contributed by atoms with Crippen molar-refractivity contribution in [2.24, 2.45) is 5.73 Å². The molecule has 0 aromatic heterocycles. The molecule has 2 saturated heterocycles. The van der Waals surface area contributed by atoms with E-state index in [0.717, 1.165) is 6.54 Å². The Bertz CT molecular complexity index is 248. The number of nitrogens with one attached hydrogen (secondary N) is 1. The molecule has 0 bridgehead atoms. The summed E-state index contributed by atoms with van der Waals surface area (Å²) in [6.45, 7) is 1.97. The fourth-order valence-corrected chi connectivity index (χ4v) is 3.35. The number of thioether (sulfide) groups is 1. The van der Waals surface area contributed by atoms with Gasteiger partial charge in [0.25, 0.3) is 0 Å². The third-order valence-electron chi connectivity index (χ3n) is 3.35. The predicted octanol–water partition coefficient (Wildman–Crippen LogP) is 0.506. The van der Waals surface area contributed by atoms with E-state index in [1.807, 2.05) is 11.8 Å². The van der Waals surface area contributed by atoms with Crippen LogP contribution in [0.1, 0.15) is 25.7 Å². The Kier molecular flexibility index (Phi) is 4.10. The van der Waals surface area contributed by atoms with Crippen LogP contribution in [0.5, 0.6) is 0 Å². The van der Waals surface area contributed by atoms with Gasteiger partial charge < -0.3 is 15.8 Å². The summed E-state index contributed by atoms with van der Waals surface area (Å²) in [4.78, 5) is 12.0. The molecule has 0 aliphatic carbocycles. The van der Waals surface area contributed by atoms with E-state index in [-0.39, 0.29) is 5.91 Å². The molecule has 0 aromatic carbocycles. The molecule has 16 heavy (non-hydrogen) atoms. The van der Waals surface area contributed by atoms with E-state index < -0.39 is 5.54 Å². The first-order valence-electron chi connectivity index (χ1n) is 5.97. The van der Waals surface area contributed by atoms with Gasteiger partial charge in [0.2, 0.25) is 5.91 Å². The lowest BCUT2D eigenvalue weighted by Crippen LogP contribution is -2.57. The van der Waals surface area contributed by atoms with Crippen molar-refractivity contribution in [3.05, 3.63) is 0 Å². The fourth-order valence-electron chi connectivity index (χ4n) is 2.15. The Hall–Kier alpha value is -0.260. The minimum absolute atomic E-state index is 0.00306. The molecule has 0 aromatic rings. The van der Waals surface area contributed by atoms with Crippen LogP contribution < -0.4 is 11.1 Å². The molecule has 92 valence electrons. The monoisotopic (exact) mass is 244 g/mol. The highest BCUT2D eigenvalue weighted by Crippen LogP contribution is 2.25. The second kappa shape index (κ2) is 5.38. The largest absolute Gasteiger partial charge is 0.381 e. The van der Waals surface area contributed by atoms with Crippen LogP contribution in [-0.4, -0.2) is 42.2 Å². The van der Waals surface area contributed by atoms with Crippen molar-refractivity contribution in [1.29, 1.82) is 0 Å². The lowest BCUT2D eigenvalue weighted by atomic mass is 9.90. The second-order valence-electron chi connectivity index (χ2n) is 4.61. The highest BCUT2D eigenvalue weighted by atomic mass is 32.2. The van der Waals surface area contributed by atoms with E-state index in [1.165, 1.54) is 18.6 Å². The van der Waals surface area contributed by atoms with Gasteiger partial charge in [-0.1, -0.05) is 0 Å². The first-order chi connectivity index (χ1) is 7.71. The van der Waals surface area contributed by atoms with Crippen LogP contribution in [0.3, 0.4) is 0 Å². The third kappa shape index (κ3) is 2.90. The minimum atomic E-state index is -0.693. The van der Waals surface area contributed by atoms with E-state index in [4.69, 9.17) is 10.5 Å². The van der Waals surface area contributed by atoms with Gasteiger partial charge in [-0.15, -0.1) is 0 Å². The molecule has 4 nitrogen and oxygen atoms in total. The van der Waals surface area contributed by atoms with Crippen LogP contribution in [-0.2, 0) is 9.53 Å². The van der Waals surface area contributed by atoms with Gasteiger partial charge in [-0.05, 0) is 31.4 Å². The Morgan fingerprint density at radius 1 is 1.50 bits per heavy atom. The number of rotatable bonds is 3. The van der Waals surface area contributed by atoms with Gasteiger partial charge >= 0.3 is 0 Å². The Morgan fingerprint density at radius 2 is 2.25 bits per heavy atom. The molecule has 2 heterocycles. The summed E-state index contributed by atoms with van der Waals surface area (Å²) >= 11 is 1.95.